The molecule has 0 atom stereocenters. The molecule has 0 aliphatic heterocycles. The molecule has 127 heavy (non-hydrogen) atoms. The molecule has 0 unspecified atom stereocenters. The van der Waals surface area contributed by atoms with E-state index in [0.717, 1.165) is 122 Å². The molecule has 0 saturated heterocycles. The molecule has 15 aromatic rings. The van der Waals surface area contributed by atoms with Crippen molar-refractivity contribution in [2.24, 2.45) is 16.2 Å². The zero-order valence-corrected chi connectivity index (χ0v) is 76.4. The number of nitrogens with one attached hydrogen (secondary N) is 2. The van der Waals surface area contributed by atoms with Crippen molar-refractivity contribution >= 4 is 97.8 Å². The van der Waals surface area contributed by atoms with Crippen LogP contribution in [0.2, 0.25) is 15.5 Å². The van der Waals surface area contributed by atoms with Crippen LogP contribution in [-0.4, -0.2) is 83.1 Å². The number of hydrogen-bond donors (Lipinski definition) is 2. The van der Waals surface area contributed by atoms with E-state index in [1.165, 1.54) is 0 Å². The highest BCUT2D eigenvalue weighted by molar-refractivity contribution is 6.30. The standard InChI is InChI=1S/2C35H36ClN3O3.C26H20ClN3O.C9H17ClO2/c1-34(2,3)33(40)41-24-14-13-23-39-29-21-22-30(36)37-32(29)38-31(39)25-42-35(26-15-7-4-8-16-26,27-17-9-5-10-18-27)28-19-11-6-12-20-28;1-34(2,3)33(40)41-24-14-13-23-39-31(37-29-21-22-30(36)38-32(29)39)25-42-35(26-15-7-4-8-16-26,27-17-9-5-10-18-27)28-19-11-6-12-20-28;27-23-17-16-22-25(29-23)30-24(28-22)18-31-26(19-10-4-1-5-11-19,20-12-6-2-7-13-20)21-14-8-3-9-15-21;1-9(2,3)8(11)12-7-5-4-6-10/h2*4-12,15-22H,13-14,23-25H2,1-3H3;1-17H,18H2,(H,28,29,30);4-7H2,1-3H3/p+1. The number of ether oxygens (including phenoxy) is 6. The van der Waals surface area contributed by atoms with Crippen LogP contribution in [0, 0.1) is 16.2 Å². The number of nitrogens with zero attached hydrogens (tertiary/aromatic N) is 7. The lowest BCUT2D eigenvalue weighted by Crippen LogP contribution is -2.40. The number of carbonyl (C=O) groups excluding carboxylic acids is 3. The number of benzene rings is 9. The number of halogens is 4. The predicted molar refractivity (Wildman–Crippen MR) is 504 cm³/mol. The van der Waals surface area contributed by atoms with Gasteiger partial charge in [0.25, 0.3) is 0 Å². The van der Waals surface area contributed by atoms with Gasteiger partial charge in [0.15, 0.2) is 16.8 Å². The van der Waals surface area contributed by atoms with Crippen LogP contribution >= 0.6 is 46.4 Å². The van der Waals surface area contributed by atoms with Gasteiger partial charge in [-0.05, 0) is 199 Å². The van der Waals surface area contributed by atoms with E-state index >= 15 is 0 Å². The van der Waals surface area contributed by atoms with Gasteiger partial charge in [-0.1, -0.05) is 301 Å². The van der Waals surface area contributed by atoms with Crippen molar-refractivity contribution in [1.82, 2.24) is 39.5 Å². The van der Waals surface area contributed by atoms with Crippen LogP contribution in [0.3, 0.4) is 0 Å². The monoisotopic (exact) mass is 1780 g/mol. The van der Waals surface area contributed by atoms with Gasteiger partial charge >= 0.3 is 23.6 Å². The third-order valence-electron chi connectivity index (χ3n) is 21.2. The van der Waals surface area contributed by atoms with Crippen LogP contribution in [0.15, 0.2) is 309 Å². The molecule has 2 N–H and O–H groups in total. The van der Waals surface area contributed by atoms with E-state index in [0.29, 0.717) is 71.4 Å². The number of alkyl halides is 1. The fraction of sp³-hybridized carbons (Fsp3) is 0.286. The average molecular weight is 1780 g/mol. The summed E-state index contributed by atoms with van der Waals surface area (Å²) in [4.78, 5) is 65.2. The van der Waals surface area contributed by atoms with E-state index < -0.39 is 27.6 Å². The minimum absolute atomic E-state index is 0.142. The molecule has 0 aliphatic carbocycles. The summed E-state index contributed by atoms with van der Waals surface area (Å²) in [5.74, 6) is 2.42. The Labute approximate surface area is 764 Å². The molecule has 15 rings (SSSR count). The number of aromatic nitrogens is 9. The first kappa shape index (κ1) is 94.4. The Morgan fingerprint density at radius 3 is 1.03 bits per heavy atom. The first-order valence-electron chi connectivity index (χ1n) is 42.9. The molecule has 0 spiro atoms. The maximum absolute atomic E-state index is 12.2. The molecular formula is C105H110Cl4N9O9+. The van der Waals surface area contributed by atoms with E-state index in [2.05, 4.69) is 148 Å². The van der Waals surface area contributed by atoms with Gasteiger partial charge in [0.2, 0.25) is 11.0 Å². The van der Waals surface area contributed by atoms with E-state index in [9.17, 15) is 14.4 Å². The smallest absolute Gasteiger partial charge is 0.311 e. The molecule has 0 saturated carbocycles. The van der Waals surface area contributed by atoms with Crippen LogP contribution in [-0.2, 0) is 92.5 Å². The van der Waals surface area contributed by atoms with Gasteiger partial charge in [0.05, 0.1) is 53.6 Å². The number of carbonyl (C=O) groups is 3. The number of pyridine rings is 3. The SMILES string of the molecule is CC(C)(C)C(=O)OCCCCCl.CC(C)(C)C(=O)OCCCC[n+]1c(COC(c2ccccc2)(c2ccccc2)c2ccccc2)[nH]c2ccc(Cl)nc21.CC(C)(C)C(=O)OCCCCn1c(COC(c2ccccc2)(c2ccccc2)c2ccccc2)nc2nc(Cl)ccc21.Clc1ccc2[nH]c(COC(c3ccccc3)(c3ccccc3)c3ccccc3)nc2n1. The van der Waals surface area contributed by atoms with Gasteiger partial charge in [-0.25, -0.2) is 24.5 Å². The van der Waals surface area contributed by atoms with E-state index in [4.69, 9.17) is 79.8 Å². The zero-order chi connectivity index (χ0) is 89.9. The Morgan fingerprint density at radius 2 is 0.661 bits per heavy atom. The number of unbranched alkanes of at least 4 members (excludes halogenated alkanes) is 3. The van der Waals surface area contributed by atoms with Crippen molar-refractivity contribution in [2.45, 2.75) is 151 Å². The molecule has 0 aliphatic rings. The minimum Gasteiger partial charge on any atom is -0.465 e. The normalized spacial score (nSPS) is 11.9. The fourth-order valence-corrected chi connectivity index (χ4v) is 15.3. The number of rotatable bonds is 32. The Hall–Kier alpha value is -11.7. The minimum atomic E-state index is -0.876. The number of fused-ring (bicyclic) bond motifs is 3. The molecular weight excluding hydrogens is 1670 g/mol. The summed E-state index contributed by atoms with van der Waals surface area (Å²) >= 11 is 24.1. The number of imidazole rings is 3. The van der Waals surface area contributed by atoms with Crippen LogP contribution in [0.25, 0.3) is 33.5 Å². The van der Waals surface area contributed by atoms with E-state index in [1.54, 1.807) is 18.2 Å². The fourth-order valence-electron chi connectivity index (χ4n) is 14.7. The summed E-state index contributed by atoms with van der Waals surface area (Å²) < 4.78 is 41.2. The third-order valence-corrected chi connectivity index (χ3v) is 22.1. The second-order valence-corrected chi connectivity index (χ2v) is 35.3. The summed E-state index contributed by atoms with van der Waals surface area (Å²) in [5, 5.41) is 1.23. The highest BCUT2D eigenvalue weighted by atomic mass is 35.5. The molecule has 656 valence electrons. The van der Waals surface area contributed by atoms with Crippen LogP contribution in [0.5, 0.6) is 0 Å². The lowest BCUT2D eigenvalue weighted by molar-refractivity contribution is -0.683. The maximum Gasteiger partial charge on any atom is 0.311 e. The Kier molecular flexibility index (Phi) is 33.2. The quantitative estimate of drug-likeness (QED) is 0.00764. The highest BCUT2D eigenvalue weighted by Gasteiger charge is 2.42. The van der Waals surface area contributed by atoms with Crippen molar-refractivity contribution in [1.29, 1.82) is 0 Å². The second kappa shape index (κ2) is 44.6. The lowest BCUT2D eigenvalue weighted by atomic mass is 9.80. The van der Waals surface area contributed by atoms with Gasteiger partial charge in [-0.3, -0.25) is 19.4 Å². The number of aromatic amines is 2. The maximum atomic E-state index is 12.2. The summed E-state index contributed by atoms with van der Waals surface area (Å²) in [5.41, 5.74) is 9.86. The predicted octanol–water partition coefficient (Wildman–Crippen LogP) is 24.1. The van der Waals surface area contributed by atoms with Crippen molar-refractivity contribution in [3.63, 3.8) is 0 Å². The van der Waals surface area contributed by atoms with Crippen molar-refractivity contribution in [3.8, 4) is 0 Å². The van der Waals surface area contributed by atoms with Gasteiger partial charge < -0.3 is 38.0 Å². The summed E-state index contributed by atoms with van der Waals surface area (Å²) in [7, 11) is 0. The number of esters is 3. The van der Waals surface area contributed by atoms with Crippen LogP contribution < -0.4 is 4.57 Å². The van der Waals surface area contributed by atoms with Crippen molar-refractivity contribution in [3.05, 3.63) is 392 Å². The summed E-state index contributed by atoms with van der Waals surface area (Å²) in [6, 6.07) is 104. The van der Waals surface area contributed by atoms with E-state index in [-0.39, 0.29) is 43.1 Å². The van der Waals surface area contributed by atoms with Gasteiger partial charge in [0.1, 0.15) is 58.6 Å². The average Bonchev–Trinajstić information content (AvgIpc) is 1.56. The zero-order valence-electron chi connectivity index (χ0n) is 73.4. The topological polar surface area (TPSA) is 211 Å². The lowest BCUT2D eigenvalue weighted by Gasteiger charge is -2.36. The molecule has 0 amide bonds. The second-order valence-electron chi connectivity index (χ2n) is 33.7. The van der Waals surface area contributed by atoms with Gasteiger partial charge in [-0.15, -0.1) is 11.6 Å². The molecule has 0 bridgehead atoms. The first-order valence-corrected chi connectivity index (χ1v) is 44.6. The highest BCUT2D eigenvalue weighted by Crippen LogP contribution is 2.45. The number of hydrogen-bond acceptors (Lipinski definition) is 14. The van der Waals surface area contributed by atoms with Crippen molar-refractivity contribution < 1.29 is 47.4 Å². The Balaban J connectivity index is 0.000000164. The number of aryl methyl sites for hydroxylation is 2. The summed E-state index contributed by atoms with van der Waals surface area (Å²) in [6.07, 6.45) is 4.79. The summed E-state index contributed by atoms with van der Waals surface area (Å²) in [6.45, 7) is 20.0. The molecule has 6 heterocycles. The Bertz CT molecular complexity index is 5540. The molecule has 6 aromatic heterocycles. The number of H-pyrrole nitrogens is 2. The van der Waals surface area contributed by atoms with Gasteiger partial charge in [-0.2, -0.15) is 0 Å². The van der Waals surface area contributed by atoms with Crippen molar-refractivity contribution in [2.75, 3.05) is 25.7 Å². The largest absolute Gasteiger partial charge is 0.465 e. The first-order chi connectivity index (χ1) is 61.3. The third kappa shape index (κ3) is 24.3. The van der Waals surface area contributed by atoms with Crippen LogP contribution in [0.1, 0.15) is 168 Å². The van der Waals surface area contributed by atoms with Crippen LogP contribution in [0.4, 0.5) is 0 Å². The molecule has 0 radical (unpaired) electrons. The van der Waals surface area contributed by atoms with E-state index in [1.807, 2.05) is 244 Å². The van der Waals surface area contributed by atoms with Gasteiger partial charge in [0, 0.05) is 12.4 Å². The molecule has 18 nitrogen and oxygen atoms in total. The molecule has 9 aromatic carbocycles. The Morgan fingerprint density at radius 1 is 0.339 bits per heavy atom. The molecule has 22 heteroatoms. The molecule has 0 fully saturated rings.